The molecule has 2 saturated carbocycles. The first-order valence-corrected chi connectivity index (χ1v) is 6.44. The molecule has 88 valence electrons. The predicted octanol–water partition coefficient (Wildman–Crippen LogP) is 2.15. The normalized spacial score (nSPS) is 22.6. The Hall–Kier alpha value is -0.900. The summed E-state index contributed by atoms with van der Waals surface area (Å²) < 4.78 is 2.22. The minimum atomic E-state index is 0.0240. The average molecular weight is 221 g/mol. The number of rotatable bonds is 3. The van der Waals surface area contributed by atoms with Gasteiger partial charge in [-0.3, -0.25) is 0 Å². The highest BCUT2D eigenvalue weighted by Gasteiger charge is 2.32. The standard InChI is InChI=1S/C12H19N3O/c16-8-11-13-14-12(15(11)10-6-7-10)9-4-2-1-3-5-9/h9-10,16H,1-8H2. The Morgan fingerprint density at radius 1 is 1.06 bits per heavy atom. The Bertz CT molecular complexity index is 364. The highest BCUT2D eigenvalue weighted by Crippen LogP contribution is 2.40. The fraction of sp³-hybridized carbons (Fsp3) is 0.833. The molecule has 0 atom stereocenters. The molecule has 16 heavy (non-hydrogen) atoms. The molecular formula is C12H19N3O. The second kappa shape index (κ2) is 4.17. The quantitative estimate of drug-likeness (QED) is 0.850. The van der Waals surface area contributed by atoms with Crippen LogP contribution >= 0.6 is 0 Å². The van der Waals surface area contributed by atoms with Crippen LogP contribution in [0.25, 0.3) is 0 Å². The summed E-state index contributed by atoms with van der Waals surface area (Å²) in [5.41, 5.74) is 0. The average Bonchev–Trinajstić information content (AvgIpc) is 3.09. The van der Waals surface area contributed by atoms with Gasteiger partial charge in [-0.1, -0.05) is 19.3 Å². The second-order valence-corrected chi connectivity index (χ2v) is 5.07. The van der Waals surface area contributed by atoms with Gasteiger partial charge >= 0.3 is 0 Å². The van der Waals surface area contributed by atoms with Crippen LogP contribution in [-0.2, 0) is 6.61 Å². The number of nitrogens with zero attached hydrogens (tertiary/aromatic N) is 3. The number of hydrogen-bond donors (Lipinski definition) is 1. The van der Waals surface area contributed by atoms with Gasteiger partial charge in [-0.25, -0.2) is 0 Å². The Labute approximate surface area is 95.7 Å². The van der Waals surface area contributed by atoms with Gasteiger partial charge in [-0.05, 0) is 25.7 Å². The lowest BCUT2D eigenvalue weighted by Gasteiger charge is -2.21. The number of aliphatic hydroxyl groups excluding tert-OH is 1. The first-order chi connectivity index (χ1) is 7.90. The van der Waals surface area contributed by atoms with Gasteiger partial charge in [-0.2, -0.15) is 0 Å². The molecule has 3 rings (SSSR count). The molecule has 0 amide bonds. The van der Waals surface area contributed by atoms with Crippen molar-refractivity contribution < 1.29 is 5.11 Å². The molecule has 0 aliphatic heterocycles. The van der Waals surface area contributed by atoms with E-state index >= 15 is 0 Å². The fourth-order valence-corrected chi connectivity index (χ4v) is 2.82. The smallest absolute Gasteiger partial charge is 0.159 e. The van der Waals surface area contributed by atoms with E-state index in [2.05, 4.69) is 14.8 Å². The van der Waals surface area contributed by atoms with Crippen LogP contribution in [0.4, 0.5) is 0 Å². The van der Waals surface area contributed by atoms with Crippen LogP contribution in [0, 0.1) is 0 Å². The van der Waals surface area contributed by atoms with E-state index in [1.165, 1.54) is 44.9 Å². The van der Waals surface area contributed by atoms with Crippen molar-refractivity contribution in [1.82, 2.24) is 14.8 Å². The van der Waals surface area contributed by atoms with Gasteiger partial charge in [0.25, 0.3) is 0 Å². The molecular weight excluding hydrogens is 202 g/mol. The molecule has 4 nitrogen and oxygen atoms in total. The van der Waals surface area contributed by atoms with Crippen molar-refractivity contribution in [1.29, 1.82) is 0 Å². The summed E-state index contributed by atoms with van der Waals surface area (Å²) in [6.07, 6.45) is 8.94. The predicted molar refractivity (Wildman–Crippen MR) is 60.0 cm³/mol. The Morgan fingerprint density at radius 2 is 1.81 bits per heavy atom. The van der Waals surface area contributed by atoms with Crippen LogP contribution in [0.3, 0.4) is 0 Å². The molecule has 0 aromatic carbocycles. The molecule has 4 heteroatoms. The number of aromatic nitrogens is 3. The minimum Gasteiger partial charge on any atom is -0.388 e. The van der Waals surface area contributed by atoms with E-state index < -0.39 is 0 Å². The van der Waals surface area contributed by atoms with Crippen LogP contribution in [0.5, 0.6) is 0 Å². The largest absolute Gasteiger partial charge is 0.388 e. The van der Waals surface area contributed by atoms with Crippen LogP contribution in [0.2, 0.25) is 0 Å². The lowest BCUT2D eigenvalue weighted by molar-refractivity contribution is 0.263. The molecule has 2 fully saturated rings. The highest BCUT2D eigenvalue weighted by molar-refractivity contribution is 5.07. The molecule has 1 aromatic heterocycles. The van der Waals surface area contributed by atoms with Gasteiger partial charge in [0, 0.05) is 12.0 Å². The zero-order valence-corrected chi connectivity index (χ0v) is 9.60. The van der Waals surface area contributed by atoms with E-state index in [1.807, 2.05) is 0 Å². The third-order valence-corrected chi connectivity index (χ3v) is 3.82. The van der Waals surface area contributed by atoms with Crippen LogP contribution < -0.4 is 0 Å². The number of hydrogen-bond acceptors (Lipinski definition) is 3. The Balaban J connectivity index is 1.89. The first kappa shape index (κ1) is 10.3. The summed E-state index contributed by atoms with van der Waals surface area (Å²) in [5, 5.41) is 17.7. The first-order valence-electron chi connectivity index (χ1n) is 6.44. The maximum absolute atomic E-state index is 9.28. The molecule has 0 spiro atoms. The molecule has 0 saturated heterocycles. The van der Waals surface area contributed by atoms with E-state index in [4.69, 9.17) is 0 Å². The second-order valence-electron chi connectivity index (χ2n) is 5.07. The SMILES string of the molecule is OCc1nnc(C2CCCCC2)n1C1CC1. The van der Waals surface area contributed by atoms with Crippen LogP contribution in [0.15, 0.2) is 0 Å². The fourth-order valence-electron chi connectivity index (χ4n) is 2.82. The maximum Gasteiger partial charge on any atom is 0.159 e. The molecule has 2 aliphatic carbocycles. The zero-order chi connectivity index (χ0) is 11.0. The van der Waals surface area contributed by atoms with Crippen molar-refractivity contribution in [3.63, 3.8) is 0 Å². The van der Waals surface area contributed by atoms with Crippen LogP contribution in [-0.4, -0.2) is 19.9 Å². The lowest BCUT2D eigenvalue weighted by Crippen LogP contribution is -2.13. The molecule has 0 radical (unpaired) electrons. The summed E-state index contributed by atoms with van der Waals surface area (Å²) >= 11 is 0. The van der Waals surface area contributed by atoms with Crippen molar-refractivity contribution in [2.24, 2.45) is 0 Å². The lowest BCUT2D eigenvalue weighted by atomic mass is 9.88. The van der Waals surface area contributed by atoms with Crippen molar-refractivity contribution in [3.05, 3.63) is 11.6 Å². The van der Waals surface area contributed by atoms with Gasteiger partial charge in [0.15, 0.2) is 5.82 Å². The van der Waals surface area contributed by atoms with Gasteiger partial charge in [0.05, 0.1) is 0 Å². The molecule has 0 bridgehead atoms. The monoisotopic (exact) mass is 221 g/mol. The Morgan fingerprint density at radius 3 is 2.44 bits per heavy atom. The van der Waals surface area contributed by atoms with Gasteiger partial charge in [-0.15, -0.1) is 10.2 Å². The van der Waals surface area contributed by atoms with E-state index in [9.17, 15) is 5.11 Å². The van der Waals surface area contributed by atoms with E-state index in [-0.39, 0.29) is 6.61 Å². The third-order valence-electron chi connectivity index (χ3n) is 3.82. The molecule has 1 N–H and O–H groups in total. The van der Waals surface area contributed by atoms with Gasteiger partial charge in [0.1, 0.15) is 12.4 Å². The summed E-state index contributed by atoms with van der Waals surface area (Å²) in [6.45, 7) is 0.0240. The van der Waals surface area contributed by atoms with E-state index in [0.717, 1.165) is 11.6 Å². The molecule has 0 unspecified atom stereocenters. The summed E-state index contributed by atoms with van der Waals surface area (Å²) in [4.78, 5) is 0. The molecule has 2 aliphatic rings. The topological polar surface area (TPSA) is 50.9 Å². The van der Waals surface area contributed by atoms with Crippen molar-refractivity contribution in [2.45, 2.75) is 63.5 Å². The third kappa shape index (κ3) is 1.75. The molecule has 1 heterocycles. The summed E-state index contributed by atoms with van der Waals surface area (Å²) in [7, 11) is 0. The van der Waals surface area contributed by atoms with Crippen molar-refractivity contribution >= 4 is 0 Å². The van der Waals surface area contributed by atoms with Crippen molar-refractivity contribution in [3.8, 4) is 0 Å². The van der Waals surface area contributed by atoms with Gasteiger partial charge in [0.2, 0.25) is 0 Å². The van der Waals surface area contributed by atoms with E-state index in [1.54, 1.807) is 0 Å². The molecule has 1 aromatic rings. The Kier molecular flexibility index (Phi) is 2.67. The zero-order valence-electron chi connectivity index (χ0n) is 9.60. The van der Waals surface area contributed by atoms with Crippen molar-refractivity contribution in [2.75, 3.05) is 0 Å². The number of aliphatic hydroxyl groups is 1. The van der Waals surface area contributed by atoms with E-state index in [0.29, 0.717) is 12.0 Å². The highest BCUT2D eigenvalue weighted by atomic mass is 16.3. The summed E-state index contributed by atoms with van der Waals surface area (Å²) in [5.74, 6) is 2.50. The summed E-state index contributed by atoms with van der Waals surface area (Å²) in [6, 6.07) is 0.578. The van der Waals surface area contributed by atoms with Crippen LogP contribution in [0.1, 0.15) is 68.6 Å². The minimum absolute atomic E-state index is 0.0240. The maximum atomic E-state index is 9.28. The van der Waals surface area contributed by atoms with Gasteiger partial charge < -0.3 is 9.67 Å².